The predicted molar refractivity (Wildman–Crippen MR) is 112 cm³/mol. The highest BCUT2D eigenvalue weighted by molar-refractivity contribution is 9.10. The van der Waals surface area contributed by atoms with Gasteiger partial charge in [0.1, 0.15) is 17.2 Å². The molecule has 0 atom stereocenters. The zero-order valence-electron chi connectivity index (χ0n) is 15.5. The summed E-state index contributed by atoms with van der Waals surface area (Å²) < 4.78 is 6.37. The number of hydrogen-bond donors (Lipinski definition) is 1. The van der Waals surface area contributed by atoms with E-state index in [2.05, 4.69) is 46.9 Å². The van der Waals surface area contributed by atoms with Gasteiger partial charge in [-0.1, -0.05) is 39.0 Å². The second-order valence-electron chi connectivity index (χ2n) is 7.18. The van der Waals surface area contributed by atoms with Gasteiger partial charge in [0.25, 0.3) is 0 Å². The molecule has 0 spiro atoms. The fourth-order valence-electron chi connectivity index (χ4n) is 2.41. The Labute approximate surface area is 167 Å². The predicted octanol–water partition coefficient (Wildman–Crippen LogP) is 7.66. The molecule has 138 valence electrons. The summed E-state index contributed by atoms with van der Waals surface area (Å²) in [5, 5.41) is 18.7. The molecule has 0 aliphatic heterocycles. The lowest BCUT2D eigenvalue weighted by molar-refractivity contribution is 0.471. The van der Waals surface area contributed by atoms with Gasteiger partial charge in [-0.2, -0.15) is 5.11 Å². The van der Waals surface area contributed by atoms with E-state index in [-0.39, 0.29) is 11.2 Å². The summed E-state index contributed by atoms with van der Waals surface area (Å²) in [6.45, 7) is 6.33. The Morgan fingerprint density at radius 3 is 2.11 bits per heavy atom. The highest BCUT2D eigenvalue weighted by Crippen LogP contribution is 2.39. The van der Waals surface area contributed by atoms with Crippen molar-refractivity contribution in [3.8, 4) is 17.2 Å². The molecule has 4 nitrogen and oxygen atoms in total. The van der Waals surface area contributed by atoms with Crippen LogP contribution in [0.3, 0.4) is 0 Å². The first-order valence-electron chi connectivity index (χ1n) is 8.60. The zero-order valence-corrected chi connectivity index (χ0v) is 17.1. The fraction of sp³-hybridized carbons (Fsp3) is 0.182. The number of ether oxygens (including phenoxy) is 1. The van der Waals surface area contributed by atoms with Crippen molar-refractivity contribution in [2.75, 3.05) is 0 Å². The van der Waals surface area contributed by atoms with Crippen LogP contribution in [0.1, 0.15) is 26.3 Å². The van der Waals surface area contributed by atoms with Gasteiger partial charge in [-0.3, -0.25) is 0 Å². The molecule has 0 heterocycles. The molecule has 3 rings (SSSR count). The number of benzene rings is 3. The van der Waals surface area contributed by atoms with E-state index in [0.29, 0.717) is 15.8 Å². The molecule has 1 N–H and O–H groups in total. The molecule has 27 heavy (non-hydrogen) atoms. The maximum absolute atomic E-state index is 10.3. The van der Waals surface area contributed by atoms with Gasteiger partial charge >= 0.3 is 0 Å². The molecule has 0 saturated carbocycles. The van der Waals surface area contributed by atoms with Crippen molar-refractivity contribution in [1.82, 2.24) is 0 Å². The van der Waals surface area contributed by atoms with Crippen LogP contribution >= 0.6 is 15.9 Å². The lowest BCUT2D eigenvalue weighted by Crippen LogP contribution is -2.10. The summed E-state index contributed by atoms with van der Waals surface area (Å²) in [5.41, 5.74) is 2.11. The largest absolute Gasteiger partial charge is 0.505 e. The molecule has 0 aliphatic carbocycles. The highest BCUT2D eigenvalue weighted by atomic mass is 79.9. The number of phenolic OH excluding ortho intramolecular Hbond substituents is 1. The Kier molecular flexibility index (Phi) is 5.61. The van der Waals surface area contributed by atoms with Gasteiger partial charge in [0.15, 0.2) is 5.75 Å². The number of rotatable bonds is 4. The van der Waals surface area contributed by atoms with Crippen molar-refractivity contribution in [1.29, 1.82) is 0 Å². The van der Waals surface area contributed by atoms with Crippen LogP contribution in [-0.4, -0.2) is 5.11 Å². The summed E-state index contributed by atoms with van der Waals surface area (Å²) >= 11 is 3.39. The van der Waals surface area contributed by atoms with Gasteiger partial charge in [-0.05, 0) is 75.4 Å². The SMILES string of the molecule is CC(C)(C)c1cc(Br)c(O)c(N=Nc2ccc(Oc3ccccc3)cc2)c1. The Morgan fingerprint density at radius 2 is 1.48 bits per heavy atom. The van der Waals surface area contributed by atoms with Gasteiger partial charge in [-0.25, -0.2) is 0 Å². The van der Waals surface area contributed by atoms with Crippen LogP contribution in [-0.2, 0) is 5.41 Å². The van der Waals surface area contributed by atoms with Crippen LogP contribution in [0, 0.1) is 0 Å². The molecule has 0 fully saturated rings. The van der Waals surface area contributed by atoms with E-state index in [4.69, 9.17) is 4.74 Å². The molecule has 0 bridgehead atoms. The summed E-state index contributed by atoms with van der Waals surface area (Å²) in [6, 6.07) is 20.7. The molecule has 3 aromatic rings. The highest BCUT2D eigenvalue weighted by Gasteiger charge is 2.18. The number of para-hydroxylation sites is 1. The van der Waals surface area contributed by atoms with Crippen LogP contribution in [0.15, 0.2) is 81.4 Å². The van der Waals surface area contributed by atoms with Crippen molar-refractivity contribution in [3.63, 3.8) is 0 Å². The summed E-state index contributed by atoms with van der Waals surface area (Å²) in [4.78, 5) is 0. The Balaban J connectivity index is 1.79. The van der Waals surface area contributed by atoms with Crippen molar-refractivity contribution in [3.05, 3.63) is 76.8 Å². The third-order valence-electron chi connectivity index (χ3n) is 4.00. The molecule has 0 unspecified atom stereocenters. The molecule has 0 aliphatic rings. The first-order chi connectivity index (χ1) is 12.8. The van der Waals surface area contributed by atoms with E-state index in [0.717, 1.165) is 17.1 Å². The Morgan fingerprint density at radius 1 is 0.852 bits per heavy atom. The minimum absolute atomic E-state index is 0.0586. The maximum Gasteiger partial charge on any atom is 0.157 e. The Bertz CT molecular complexity index is 947. The lowest BCUT2D eigenvalue weighted by atomic mass is 9.87. The van der Waals surface area contributed by atoms with E-state index in [1.165, 1.54) is 0 Å². The minimum atomic E-state index is -0.0586. The van der Waals surface area contributed by atoms with E-state index in [1.807, 2.05) is 66.7 Å². The Hall–Kier alpha value is -2.66. The smallest absolute Gasteiger partial charge is 0.157 e. The first-order valence-corrected chi connectivity index (χ1v) is 9.40. The molecular weight excluding hydrogens is 404 g/mol. The quantitative estimate of drug-likeness (QED) is 0.436. The number of aromatic hydroxyl groups is 1. The number of halogens is 1. The topological polar surface area (TPSA) is 54.2 Å². The van der Waals surface area contributed by atoms with Gasteiger partial charge in [0.05, 0.1) is 10.2 Å². The molecule has 0 amide bonds. The third-order valence-corrected chi connectivity index (χ3v) is 4.60. The standard InChI is InChI=1S/C22H21BrN2O2/c1-22(2,3)15-13-19(23)21(26)20(14-15)25-24-16-9-11-18(12-10-16)27-17-7-5-4-6-8-17/h4-14,26H,1-3H3. The summed E-state index contributed by atoms with van der Waals surface area (Å²) in [5.74, 6) is 1.58. The minimum Gasteiger partial charge on any atom is -0.505 e. The van der Waals surface area contributed by atoms with E-state index in [1.54, 1.807) is 0 Å². The number of azo groups is 1. The average molecular weight is 425 g/mol. The maximum atomic E-state index is 10.3. The van der Waals surface area contributed by atoms with Crippen LogP contribution in [0.2, 0.25) is 0 Å². The van der Waals surface area contributed by atoms with Gasteiger partial charge < -0.3 is 9.84 Å². The van der Waals surface area contributed by atoms with E-state index < -0.39 is 0 Å². The van der Waals surface area contributed by atoms with Crippen molar-refractivity contribution in [2.24, 2.45) is 10.2 Å². The van der Waals surface area contributed by atoms with Crippen LogP contribution in [0.4, 0.5) is 11.4 Å². The monoisotopic (exact) mass is 424 g/mol. The molecule has 3 aromatic carbocycles. The molecule has 0 radical (unpaired) electrons. The second kappa shape index (κ2) is 7.92. The number of phenols is 1. The van der Waals surface area contributed by atoms with Crippen LogP contribution < -0.4 is 4.74 Å². The molecule has 0 saturated heterocycles. The average Bonchev–Trinajstić information content (AvgIpc) is 2.64. The molecular formula is C22H21BrN2O2. The number of nitrogens with zero attached hydrogens (tertiary/aromatic N) is 2. The van der Waals surface area contributed by atoms with Crippen molar-refractivity contribution < 1.29 is 9.84 Å². The van der Waals surface area contributed by atoms with Gasteiger partial charge in [-0.15, -0.1) is 5.11 Å². The summed E-state index contributed by atoms with van der Waals surface area (Å²) in [6.07, 6.45) is 0. The molecule has 5 heteroatoms. The summed E-state index contributed by atoms with van der Waals surface area (Å²) in [7, 11) is 0. The second-order valence-corrected chi connectivity index (χ2v) is 8.04. The van der Waals surface area contributed by atoms with E-state index in [9.17, 15) is 5.11 Å². The molecule has 0 aromatic heterocycles. The normalized spacial score (nSPS) is 11.7. The fourth-order valence-corrected chi connectivity index (χ4v) is 2.86. The van der Waals surface area contributed by atoms with Crippen molar-refractivity contribution in [2.45, 2.75) is 26.2 Å². The zero-order chi connectivity index (χ0) is 19.4. The third kappa shape index (κ3) is 4.95. The lowest BCUT2D eigenvalue weighted by Gasteiger charge is -2.20. The van der Waals surface area contributed by atoms with Crippen LogP contribution in [0.5, 0.6) is 17.2 Å². The van der Waals surface area contributed by atoms with Gasteiger partial charge in [0, 0.05) is 0 Å². The number of hydrogen-bond acceptors (Lipinski definition) is 4. The first kappa shape index (κ1) is 19.1. The van der Waals surface area contributed by atoms with Crippen molar-refractivity contribution >= 4 is 27.3 Å². The van der Waals surface area contributed by atoms with Gasteiger partial charge in [0.2, 0.25) is 0 Å². The van der Waals surface area contributed by atoms with E-state index >= 15 is 0 Å². The van der Waals surface area contributed by atoms with Crippen LogP contribution in [0.25, 0.3) is 0 Å².